The zero-order valence-corrected chi connectivity index (χ0v) is 13.5. The third kappa shape index (κ3) is 4.91. The molecule has 1 heterocycles. The van der Waals surface area contributed by atoms with Gasteiger partial charge in [-0.25, -0.2) is 4.79 Å². The number of carbonyl (C=O) groups is 1. The van der Waals surface area contributed by atoms with Crippen LogP contribution in [-0.2, 0) is 0 Å². The van der Waals surface area contributed by atoms with Gasteiger partial charge < -0.3 is 10.1 Å². The number of methoxy groups -OCH3 is 1. The number of ether oxygens (including phenoxy) is 1. The summed E-state index contributed by atoms with van der Waals surface area (Å²) in [6.45, 7) is 4.16. The Morgan fingerprint density at radius 1 is 1.33 bits per heavy atom. The van der Waals surface area contributed by atoms with Gasteiger partial charge in [-0.2, -0.15) is 0 Å². The maximum absolute atomic E-state index is 11.9. The summed E-state index contributed by atoms with van der Waals surface area (Å²) >= 11 is 2.96. The second-order valence-electron chi connectivity index (χ2n) is 4.35. The lowest BCUT2D eigenvalue weighted by atomic mass is 10.3. The fourth-order valence-electron chi connectivity index (χ4n) is 1.47. The Morgan fingerprint density at radius 3 is 2.86 bits per heavy atom. The van der Waals surface area contributed by atoms with E-state index in [2.05, 4.69) is 34.7 Å². The lowest BCUT2D eigenvalue weighted by Gasteiger charge is -2.06. The first-order chi connectivity index (χ1) is 10.1. The molecular weight excluding hydrogens is 308 g/mol. The van der Waals surface area contributed by atoms with E-state index in [0.717, 1.165) is 4.34 Å². The molecule has 2 aromatic rings. The molecule has 112 valence electrons. The molecule has 0 aliphatic carbocycles. The molecule has 0 saturated heterocycles. The highest BCUT2D eigenvalue weighted by atomic mass is 32.2. The molecular formula is C13H16N4O2S2. The molecule has 6 nitrogen and oxygen atoms in total. The van der Waals surface area contributed by atoms with E-state index in [1.54, 1.807) is 37.1 Å². The quantitative estimate of drug-likeness (QED) is 0.648. The van der Waals surface area contributed by atoms with Crippen LogP contribution in [0, 0.1) is 0 Å². The van der Waals surface area contributed by atoms with Gasteiger partial charge in [0.1, 0.15) is 5.75 Å². The first kappa shape index (κ1) is 15.6. The molecule has 0 bridgehead atoms. The zero-order chi connectivity index (χ0) is 15.2. The summed E-state index contributed by atoms with van der Waals surface area (Å²) in [5.41, 5.74) is 0.646. The van der Waals surface area contributed by atoms with Crippen molar-refractivity contribution in [3.8, 4) is 5.75 Å². The van der Waals surface area contributed by atoms with Crippen molar-refractivity contribution in [3.63, 3.8) is 0 Å². The summed E-state index contributed by atoms with van der Waals surface area (Å²) in [5, 5.41) is 14.2. The number of thioether (sulfide) groups is 1. The number of hydrogen-bond acceptors (Lipinski definition) is 6. The van der Waals surface area contributed by atoms with Gasteiger partial charge in [0, 0.05) is 17.0 Å². The summed E-state index contributed by atoms with van der Waals surface area (Å²) in [4.78, 5) is 11.9. The van der Waals surface area contributed by atoms with Gasteiger partial charge in [-0.3, -0.25) is 5.32 Å². The van der Waals surface area contributed by atoms with Gasteiger partial charge in [-0.15, -0.1) is 10.2 Å². The van der Waals surface area contributed by atoms with Crippen LogP contribution in [0.25, 0.3) is 0 Å². The van der Waals surface area contributed by atoms with E-state index in [1.165, 1.54) is 11.3 Å². The average molecular weight is 324 g/mol. The van der Waals surface area contributed by atoms with Gasteiger partial charge in [0.2, 0.25) is 5.13 Å². The molecule has 0 spiro atoms. The number of amides is 2. The van der Waals surface area contributed by atoms with Gasteiger partial charge in [0.05, 0.1) is 7.11 Å². The van der Waals surface area contributed by atoms with E-state index in [9.17, 15) is 4.79 Å². The van der Waals surface area contributed by atoms with Crippen LogP contribution in [0.5, 0.6) is 5.75 Å². The van der Waals surface area contributed by atoms with E-state index in [-0.39, 0.29) is 6.03 Å². The first-order valence-corrected chi connectivity index (χ1v) is 7.98. The average Bonchev–Trinajstić information content (AvgIpc) is 2.85. The molecule has 2 rings (SSSR count). The van der Waals surface area contributed by atoms with Crippen LogP contribution >= 0.6 is 23.1 Å². The fraction of sp³-hybridized carbons (Fsp3) is 0.308. The second-order valence-corrected chi connectivity index (χ2v) is 7.15. The van der Waals surface area contributed by atoms with Crippen LogP contribution < -0.4 is 15.4 Å². The monoisotopic (exact) mass is 324 g/mol. The number of nitrogens with one attached hydrogen (secondary N) is 2. The summed E-state index contributed by atoms with van der Waals surface area (Å²) in [7, 11) is 1.58. The van der Waals surface area contributed by atoms with Gasteiger partial charge in [0.25, 0.3) is 0 Å². The van der Waals surface area contributed by atoms with Crippen LogP contribution in [0.1, 0.15) is 13.8 Å². The van der Waals surface area contributed by atoms with E-state index in [4.69, 9.17) is 4.74 Å². The maximum atomic E-state index is 11.9. The molecule has 1 aromatic carbocycles. The predicted molar refractivity (Wildman–Crippen MR) is 86.5 cm³/mol. The molecule has 0 atom stereocenters. The van der Waals surface area contributed by atoms with Gasteiger partial charge in [-0.1, -0.05) is 43.0 Å². The van der Waals surface area contributed by atoms with Gasteiger partial charge in [-0.05, 0) is 12.1 Å². The number of aromatic nitrogens is 2. The van der Waals surface area contributed by atoms with Crippen LogP contribution in [0.15, 0.2) is 28.6 Å². The Hall–Kier alpha value is -1.80. The number of carbonyl (C=O) groups excluding carboxylic acids is 1. The predicted octanol–water partition coefficient (Wildman–Crippen LogP) is 3.69. The minimum Gasteiger partial charge on any atom is -0.497 e. The van der Waals surface area contributed by atoms with Crippen molar-refractivity contribution in [2.24, 2.45) is 0 Å². The molecule has 2 N–H and O–H groups in total. The van der Waals surface area contributed by atoms with Crippen molar-refractivity contribution >= 4 is 39.9 Å². The van der Waals surface area contributed by atoms with Crippen molar-refractivity contribution in [2.45, 2.75) is 23.4 Å². The lowest BCUT2D eigenvalue weighted by molar-refractivity contribution is 0.262. The maximum Gasteiger partial charge on any atom is 0.325 e. The molecule has 1 aromatic heterocycles. The number of benzene rings is 1. The van der Waals surface area contributed by atoms with Crippen LogP contribution in [0.4, 0.5) is 15.6 Å². The number of rotatable bonds is 5. The first-order valence-electron chi connectivity index (χ1n) is 6.29. The van der Waals surface area contributed by atoms with Crippen molar-refractivity contribution in [1.82, 2.24) is 10.2 Å². The van der Waals surface area contributed by atoms with E-state index < -0.39 is 0 Å². The molecule has 0 fully saturated rings. The van der Waals surface area contributed by atoms with Crippen molar-refractivity contribution in [2.75, 3.05) is 17.7 Å². The SMILES string of the molecule is COc1cccc(NC(=O)Nc2nnc(SC(C)C)s2)c1. The Kier molecular flexibility index (Phi) is 5.40. The third-order valence-electron chi connectivity index (χ3n) is 2.29. The Balaban J connectivity index is 1.93. The molecule has 0 radical (unpaired) electrons. The third-order valence-corrected chi connectivity index (χ3v) is 4.22. The summed E-state index contributed by atoms with van der Waals surface area (Å²) in [6, 6.07) is 6.77. The smallest absolute Gasteiger partial charge is 0.325 e. The molecule has 2 amide bonds. The van der Waals surface area contributed by atoms with Crippen LogP contribution in [-0.4, -0.2) is 28.6 Å². The lowest BCUT2D eigenvalue weighted by Crippen LogP contribution is -2.19. The van der Waals surface area contributed by atoms with Crippen molar-refractivity contribution in [3.05, 3.63) is 24.3 Å². The van der Waals surface area contributed by atoms with Gasteiger partial charge >= 0.3 is 6.03 Å². The molecule has 8 heteroatoms. The zero-order valence-electron chi connectivity index (χ0n) is 11.9. The number of urea groups is 1. The standard InChI is InChI=1S/C13H16N4O2S2/c1-8(2)20-13-17-16-12(21-13)15-11(18)14-9-5-4-6-10(7-9)19-3/h4-8H,1-3H3,(H2,14,15,16,18). The Bertz CT molecular complexity index is 616. The summed E-state index contributed by atoms with van der Waals surface area (Å²) in [5.74, 6) is 0.680. The molecule has 0 aliphatic heterocycles. The number of anilines is 2. The largest absolute Gasteiger partial charge is 0.497 e. The Labute approximate surface area is 131 Å². The number of hydrogen-bond donors (Lipinski definition) is 2. The normalized spacial score (nSPS) is 10.5. The highest BCUT2D eigenvalue weighted by Gasteiger charge is 2.10. The number of nitrogens with zero attached hydrogens (tertiary/aromatic N) is 2. The highest BCUT2D eigenvalue weighted by molar-refractivity contribution is 8.01. The topological polar surface area (TPSA) is 76.1 Å². The highest BCUT2D eigenvalue weighted by Crippen LogP contribution is 2.28. The van der Waals surface area contributed by atoms with E-state index >= 15 is 0 Å². The summed E-state index contributed by atoms with van der Waals surface area (Å²) in [6.07, 6.45) is 0. The van der Waals surface area contributed by atoms with Crippen molar-refractivity contribution in [1.29, 1.82) is 0 Å². The fourth-order valence-corrected chi connectivity index (χ4v) is 3.44. The van der Waals surface area contributed by atoms with Crippen molar-refractivity contribution < 1.29 is 9.53 Å². The van der Waals surface area contributed by atoms with Crippen LogP contribution in [0.2, 0.25) is 0 Å². The Morgan fingerprint density at radius 2 is 2.14 bits per heavy atom. The van der Waals surface area contributed by atoms with Gasteiger partial charge in [0.15, 0.2) is 4.34 Å². The summed E-state index contributed by atoms with van der Waals surface area (Å²) < 4.78 is 5.94. The molecule has 0 aliphatic rings. The van der Waals surface area contributed by atoms with Crippen LogP contribution in [0.3, 0.4) is 0 Å². The molecule has 21 heavy (non-hydrogen) atoms. The molecule has 0 unspecified atom stereocenters. The minimum atomic E-state index is -0.361. The minimum absolute atomic E-state index is 0.361. The molecule has 0 saturated carbocycles. The van der Waals surface area contributed by atoms with E-state index in [1.807, 2.05) is 6.07 Å². The van der Waals surface area contributed by atoms with E-state index in [0.29, 0.717) is 21.8 Å². The second kappa shape index (κ2) is 7.28.